The SMILES string of the molecule is CC(CCc1ccc(O)cc1)NCc1ccc(CSC(F)F)o1. The van der Waals surface area contributed by atoms with Gasteiger partial charge in [-0.3, -0.25) is 0 Å². The lowest BCUT2D eigenvalue weighted by atomic mass is 10.1. The van der Waals surface area contributed by atoms with Crippen LogP contribution in [-0.4, -0.2) is 16.9 Å². The molecule has 6 heteroatoms. The van der Waals surface area contributed by atoms with Crippen molar-refractivity contribution in [1.82, 2.24) is 5.32 Å². The fourth-order valence-corrected chi connectivity index (χ4v) is 2.61. The van der Waals surface area contributed by atoms with Crippen LogP contribution in [0.5, 0.6) is 5.75 Å². The molecular weight excluding hydrogens is 320 g/mol. The van der Waals surface area contributed by atoms with E-state index in [1.165, 1.54) is 5.56 Å². The summed E-state index contributed by atoms with van der Waals surface area (Å²) in [6.45, 7) is 2.67. The first-order chi connectivity index (χ1) is 11.0. The minimum Gasteiger partial charge on any atom is -0.508 e. The van der Waals surface area contributed by atoms with E-state index in [-0.39, 0.29) is 11.5 Å². The van der Waals surface area contributed by atoms with Crippen LogP contribution in [-0.2, 0) is 18.7 Å². The van der Waals surface area contributed by atoms with Gasteiger partial charge in [-0.2, -0.15) is 8.78 Å². The monoisotopic (exact) mass is 341 g/mol. The van der Waals surface area contributed by atoms with Gasteiger partial charge in [-0.25, -0.2) is 0 Å². The van der Waals surface area contributed by atoms with E-state index in [1.807, 2.05) is 18.2 Å². The topological polar surface area (TPSA) is 45.4 Å². The number of nitrogens with one attached hydrogen (secondary N) is 1. The number of phenolic OH excluding ortho intramolecular Hbond substituents is 1. The smallest absolute Gasteiger partial charge is 0.284 e. The summed E-state index contributed by atoms with van der Waals surface area (Å²) < 4.78 is 29.8. The summed E-state index contributed by atoms with van der Waals surface area (Å²) in [6.07, 6.45) is 1.88. The Morgan fingerprint density at radius 2 is 1.83 bits per heavy atom. The van der Waals surface area contributed by atoms with Gasteiger partial charge in [0.2, 0.25) is 0 Å². The second-order valence-electron chi connectivity index (χ2n) is 5.43. The molecule has 3 nitrogen and oxygen atoms in total. The number of rotatable bonds is 9. The zero-order valence-corrected chi connectivity index (χ0v) is 13.8. The van der Waals surface area contributed by atoms with Crippen molar-refractivity contribution in [2.24, 2.45) is 0 Å². The lowest BCUT2D eigenvalue weighted by molar-refractivity contribution is 0.251. The van der Waals surface area contributed by atoms with E-state index in [4.69, 9.17) is 4.42 Å². The molecule has 0 fully saturated rings. The van der Waals surface area contributed by atoms with Crippen LogP contribution < -0.4 is 5.32 Å². The predicted molar refractivity (Wildman–Crippen MR) is 88.7 cm³/mol. The standard InChI is InChI=1S/C17H21F2NO2S/c1-12(2-3-13-4-6-14(21)7-5-13)20-10-15-8-9-16(22-15)11-23-17(18)19/h4-9,12,17,20-21H,2-3,10-11H2,1H3. The maximum absolute atomic E-state index is 12.1. The third kappa shape index (κ3) is 6.62. The van der Waals surface area contributed by atoms with Gasteiger partial charge in [-0.05, 0) is 49.6 Å². The van der Waals surface area contributed by atoms with E-state index in [0.717, 1.165) is 18.6 Å². The molecule has 0 aliphatic heterocycles. The summed E-state index contributed by atoms with van der Waals surface area (Å²) in [4.78, 5) is 0. The molecule has 2 N–H and O–H groups in total. The van der Waals surface area contributed by atoms with E-state index in [2.05, 4.69) is 12.2 Å². The summed E-state index contributed by atoms with van der Waals surface area (Å²) in [5.41, 5.74) is 1.18. The van der Waals surface area contributed by atoms with Crippen molar-refractivity contribution >= 4 is 11.8 Å². The van der Waals surface area contributed by atoms with Crippen LogP contribution in [0.3, 0.4) is 0 Å². The lowest BCUT2D eigenvalue weighted by Crippen LogP contribution is -2.25. The largest absolute Gasteiger partial charge is 0.508 e. The van der Waals surface area contributed by atoms with Crippen LogP contribution in [0.1, 0.15) is 30.4 Å². The molecule has 1 aromatic heterocycles. The number of aromatic hydroxyl groups is 1. The van der Waals surface area contributed by atoms with E-state index in [1.54, 1.807) is 18.2 Å². The maximum atomic E-state index is 12.1. The van der Waals surface area contributed by atoms with Gasteiger partial charge in [0.15, 0.2) is 0 Å². The van der Waals surface area contributed by atoms with Crippen molar-refractivity contribution in [3.63, 3.8) is 0 Å². The number of alkyl halides is 2. The van der Waals surface area contributed by atoms with Gasteiger partial charge in [0, 0.05) is 6.04 Å². The van der Waals surface area contributed by atoms with Crippen molar-refractivity contribution in [2.45, 2.75) is 43.9 Å². The highest BCUT2D eigenvalue weighted by molar-refractivity contribution is 7.98. The van der Waals surface area contributed by atoms with Gasteiger partial charge in [-0.15, -0.1) is 0 Å². The molecule has 1 unspecified atom stereocenters. The van der Waals surface area contributed by atoms with Gasteiger partial charge >= 0.3 is 0 Å². The molecule has 0 radical (unpaired) electrons. The lowest BCUT2D eigenvalue weighted by Gasteiger charge is -2.12. The summed E-state index contributed by atoms with van der Waals surface area (Å²) >= 11 is 0.564. The van der Waals surface area contributed by atoms with Gasteiger partial charge < -0.3 is 14.8 Å². The molecule has 0 saturated heterocycles. The molecule has 1 atom stereocenters. The van der Waals surface area contributed by atoms with Gasteiger partial charge in [0.25, 0.3) is 5.76 Å². The van der Waals surface area contributed by atoms with Crippen molar-refractivity contribution in [2.75, 3.05) is 0 Å². The van der Waals surface area contributed by atoms with Gasteiger partial charge in [0.1, 0.15) is 17.3 Å². The Bertz CT molecular complexity index is 587. The van der Waals surface area contributed by atoms with Crippen molar-refractivity contribution in [3.05, 3.63) is 53.5 Å². The molecule has 2 rings (SSSR count). The number of hydrogen-bond donors (Lipinski definition) is 2. The normalized spacial score (nSPS) is 12.7. The Balaban J connectivity index is 1.69. The minimum atomic E-state index is -2.37. The molecule has 2 aromatic rings. The molecule has 0 amide bonds. The molecule has 0 aliphatic carbocycles. The first-order valence-corrected chi connectivity index (χ1v) is 8.56. The third-order valence-electron chi connectivity index (χ3n) is 3.50. The summed E-state index contributed by atoms with van der Waals surface area (Å²) in [6, 6.07) is 11.1. The van der Waals surface area contributed by atoms with Crippen molar-refractivity contribution in [1.29, 1.82) is 0 Å². The zero-order valence-electron chi connectivity index (χ0n) is 13.0. The Morgan fingerprint density at radius 1 is 1.13 bits per heavy atom. The summed E-state index contributed by atoms with van der Waals surface area (Å²) in [5, 5.41) is 12.6. The number of furan rings is 1. The summed E-state index contributed by atoms with van der Waals surface area (Å²) in [5.74, 6) is -0.580. The third-order valence-corrected chi connectivity index (χ3v) is 4.20. The molecule has 0 saturated carbocycles. The van der Waals surface area contributed by atoms with Crippen LogP contribution in [0.2, 0.25) is 0 Å². The second-order valence-corrected chi connectivity index (χ2v) is 6.41. The van der Waals surface area contributed by atoms with E-state index in [0.29, 0.717) is 30.1 Å². The first kappa shape index (κ1) is 17.8. The first-order valence-electron chi connectivity index (χ1n) is 7.51. The number of hydrogen-bond acceptors (Lipinski definition) is 4. The highest BCUT2D eigenvalue weighted by atomic mass is 32.2. The predicted octanol–water partition coefficient (Wildman–Crippen LogP) is 4.55. The number of thioether (sulfide) groups is 1. The number of benzene rings is 1. The van der Waals surface area contributed by atoms with Crippen LogP contribution in [0.15, 0.2) is 40.8 Å². The van der Waals surface area contributed by atoms with Gasteiger partial charge in [-0.1, -0.05) is 23.9 Å². The highest BCUT2D eigenvalue weighted by Gasteiger charge is 2.08. The van der Waals surface area contributed by atoms with E-state index in [9.17, 15) is 13.9 Å². The fourth-order valence-electron chi connectivity index (χ4n) is 2.16. The Kier molecular flexibility index (Phi) is 6.92. The van der Waals surface area contributed by atoms with Crippen LogP contribution >= 0.6 is 11.8 Å². The molecular formula is C17H21F2NO2S. The quantitative estimate of drug-likeness (QED) is 0.702. The van der Waals surface area contributed by atoms with Gasteiger partial charge in [0.05, 0.1) is 12.3 Å². The fraction of sp³-hybridized carbons (Fsp3) is 0.412. The van der Waals surface area contributed by atoms with Crippen LogP contribution in [0.25, 0.3) is 0 Å². The Morgan fingerprint density at radius 3 is 2.52 bits per heavy atom. The molecule has 0 bridgehead atoms. The number of halogens is 2. The molecule has 0 spiro atoms. The zero-order chi connectivity index (χ0) is 16.7. The van der Waals surface area contributed by atoms with Crippen molar-refractivity contribution < 1.29 is 18.3 Å². The molecule has 126 valence electrons. The Hall–Kier alpha value is -1.53. The Labute approximate surface area is 139 Å². The maximum Gasteiger partial charge on any atom is 0.284 e. The highest BCUT2D eigenvalue weighted by Crippen LogP contribution is 2.21. The molecule has 1 heterocycles. The average Bonchev–Trinajstić information content (AvgIpc) is 2.98. The van der Waals surface area contributed by atoms with Crippen molar-refractivity contribution in [3.8, 4) is 5.75 Å². The molecule has 0 aliphatic rings. The second kappa shape index (κ2) is 8.93. The minimum absolute atomic E-state index is 0.189. The van der Waals surface area contributed by atoms with E-state index < -0.39 is 5.76 Å². The number of aryl methyl sites for hydroxylation is 1. The molecule has 23 heavy (non-hydrogen) atoms. The van der Waals surface area contributed by atoms with Crippen LogP contribution in [0, 0.1) is 0 Å². The van der Waals surface area contributed by atoms with E-state index >= 15 is 0 Å². The number of phenols is 1. The van der Waals surface area contributed by atoms with Crippen LogP contribution in [0.4, 0.5) is 8.78 Å². The molecule has 1 aromatic carbocycles. The summed E-state index contributed by atoms with van der Waals surface area (Å²) in [7, 11) is 0. The average molecular weight is 341 g/mol.